The molecule has 0 saturated heterocycles. The second-order valence-corrected chi connectivity index (χ2v) is 14.3. The Labute approximate surface area is 298 Å². The Morgan fingerprint density at radius 3 is 1.88 bits per heavy atom. The average molecular weight is 667 g/mol. The largest absolute Gasteiger partial charge is 0.309 e. The normalized spacial score (nSPS) is 11.9. The van der Waals surface area contributed by atoms with E-state index in [-0.39, 0.29) is 0 Å². The summed E-state index contributed by atoms with van der Waals surface area (Å²) in [7, 11) is 0. The average Bonchev–Trinajstić information content (AvgIpc) is 3.74. The summed E-state index contributed by atoms with van der Waals surface area (Å²) in [6.45, 7) is 0. The number of fused-ring (bicyclic) bond motifs is 11. The fourth-order valence-corrected chi connectivity index (χ4v) is 9.51. The summed E-state index contributed by atoms with van der Waals surface area (Å²) in [5.41, 5.74) is 7.01. The molecule has 0 amide bonds. The molecule has 51 heavy (non-hydrogen) atoms. The van der Waals surface area contributed by atoms with Gasteiger partial charge in [-0.3, -0.25) is 0 Å². The Hall–Kier alpha value is -6.42. The van der Waals surface area contributed by atoms with Crippen molar-refractivity contribution >= 4 is 103 Å². The Morgan fingerprint density at radius 2 is 0.980 bits per heavy atom. The molecular formula is C48H30N2S. The number of rotatable bonds is 4. The van der Waals surface area contributed by atoms with E-state index in [2.05, 4.69) is 191 Å². The summed E-state index contributed by atoms with van der Waals surface area (Å²) in [6, 6.07) is 66.8. The lowest BCUT2D eigenvalue weighted by molar-refractivity contribution is 1.18. The number of thiophene rings is 1. The van der Waals surface area contributed by atoms with Crippen LogP contribution in [-0.4, -0.2) is 4.57 Å². The van der Waals surface area contributed by atoms with E-state index in [0.717, 1.165) is 17.1 Å². The van der Waals surface area contributed by atoms with E-state index < -0.39 is 0 Å². The summed E-state index contributed by atoms with van der Waals surface area (Å²) >= 11 is 1.88. The number of aromatic nitrogens is 1. The third kappa shape index (κ3) is 4.22. The molecule has 0 aliphatic heterocycles. The molecule has 11 rings (SSSR count). The zero-order chi connectivity index (χ0) is 33.5. The van der Waals surface area contributed by atoms with Crippen LogP contribution in [0.5, 0.6) is 0 Å². The molecule has 0 radical (unpaired) electrons. The first-order valence-electron chi connectivity index (χ1n) is 17.4. The van der Waals surface area contributed by atoms with Crippen molar-refractivity contribution in [2.45, 2.75) is 0 Å². The van der Waals surface area contributed by atoms with Crippen LogP contribution in [0.2, 0.25) is 0 Å². The van der Waals surface area contributed by atoms with Crippen LogP contribution in [0.25, 0.3) is 80.0 Å². The lowest BCUT2D eigenvalue weighted by Gasteiger charge is -2.28. The Balaban J connectivity index is 1.24. The fraction of sp³-hybridized carbons (Fsp3) is 0. The van der Waals surface area contributed by atoms with Crippen LogP contribution in [0.4, 0.5) is 17.1 Å². The third-order valence-corrected chi connectivity index (χ3v) is 11.8. The molecule has 2 nitrogen and oxygen atoms in total. The van der Waals surface area contributed by atoms with Crippen molar-refractivity contribution < 1.29 is 0 Å². The fourth-order valence-electron chi connectivity index (χ4n) is 8.30. The zero-order valence-corrected chi connectivity index (χ0v) is 28.4. The molecule has 2 aromatic heterocycles. The SMILES string of the molecule is c1ccc(-n2c3ccccc3c3ccc(N(c4cccc5c4ccc4c6ccccc6ccc54)c4cccc5c4sc4ccccc45)cc32)cc1. The van der Waals surface area contributed by atoms with Crippen LogP contribution in [0.3, 0.4) is 0 Å². The van der Waals surface area contributed by atoms with Crippen molar-refractivity contribution in [3.05, 3.63) is 182 Å². The first-order chi connectivity index (χ1) is 25.3. The van der Waals surface area contributed by atoms with Gasteiger partial charge in [-0.25, -0.2) is 0 Å². The summed E-state index contributed by atoms with van der Waals surface area (Å²) in [6.07, 6.45) is 0. The minimum atomic E-state index is 1.12. The number of anilines is 3. The second kappa shape index (κ2) is 11.0. The molecule has 0 aliphatic carbocycles. The van der Waals surface area contributed by atoms with Crippen LogP contribution in [-0.2, 0) is 0 Å². The van der Waals surface area contributed by atoms with Crippen molar-refractivity contribution in [3.8, 4) is 5.69 Å². The van der Waals surface area contributed by atoms with Crippen LogP contribution in [0.15, 0.2) is 182 Å². The van der Waals surface area contributed by atoms with Crippen LogP contribution >= 0.6 is 11.3 Å². The summed E-state index contributed by atoms with van der Waals surface area (Å²) in [4.78, 5) is 2.50. The van der Waals surface area contributed by atoms with E-state index in [1.165, 1.54) is 80.0 Å². The molecule has 0 fully saturated rings. The number of hydrogen-bond donors (Lipinski definition) is 0. The quantitative estimate of drug-likeness (QED) is 0.170. The van der Waals surface area contributed by atoms with Gasteiger partial charge in [0.1, 0.15) is 0 Å². The van der Waals surface area contributed by atoms with E-state index >= 15 is 0 Å². The number of hydrogen-bond acceptors (Lipinski definition) is 2. The highest BCUT2D eigenvalue weighted by molar-refractivity contribution is 7.26. The molecule has 0 bridgehead atoms. The van der Waals surface area contributed by atoms with Crippen molar-refractivity contribution in [2.75, 3.05) is 4.90 Å². The lowest BCUT2D eigenvalue weighted by Crippen LogP contribution is -2.11. The lowest BCUT2D eigenvalue weighted by atomic mass is 9.96. The van der Waals surface area contributed by atoms with E-state index in [9.17, 15) is 0 Å². The van der Waals surface area contributed by atoms with Gasteiger partial charge in [0.25, 0.3) is 0 Å². The van der Waals surface area contributed by atoms with E-state index in [0.29, 0.717) is 0 Å². The molecule has 9 aromatic carbocycles. The molecule has 11 aromatic rings. The van der Waals surface area contributed by atoms with Gasteiger partial charge in [-0.1, -0.05) is 133 Å². The first-order valence-corrected chi connectivity index (χ1v) is 18.3. The molecule has 3 heteroatoms. The number of nitrogens with zero attached hydrogens (tertiary/aromatic N) is 2. The maximum Gasteiger partial charge on any atom is 0.0640 e. The molecule has 238 valence electrons. The van der Waals surface area contributed by atoms with Gasteiger partial charge in [-0.15, -0.1) is 11.3 Å². The number of benzene rings is 9. The van der Waals surface area contributed by atoms with E-state index in [1.807, 2.05) is 11.3 Å². The van der Waals surface area contributed by atoms with E-state index in [1.54, 1.807) is 0 Å². The molecule has 0 aliphatic rings. The molecular weight excluding hydrogens is 637 g/mol. The predicted molar refractivity (Wildman–Crippen MR) is 221 cm³/mol. The maximum atomic E-state index is 2.50. The van der Waals surface area contributed by atoms with Gasteiger partial charge in [0.05, 0.1) is 27.1 Å². The topological polar surface area (TPSA) is 8.17 Å². The number of para-hydroxylation sites is 2. The molecule has 0 spiro atoms. The van der Waals surface area contributed by atoms with Gasteiger partial charge >= 0.3 is 0 Å². The van der Waals surface area contributed by atoms with Gasteiger partial charge in [0, 0.05) is 43.0 Å². The van der Waals surface area contributed by atoms with Gasteiger partial charge in [0.15, 0.2) is 0 Å². The highest BCUT2D eigenvalue weighted by atomic mass is 32.1. The molecule has 0 N–H and O–H groups in total. The highest BCUT2D eigenvalue weighted by Gasteiger charge is 2.22. The predicted octanol–water partition coefficient (Wildman–Crippen LogP) is 14.1. The van der Waals surface area contributed by atoms with Crippen LogP contribution < -0.4 is 4.90 Å². The standard InChI is InChI=1S/C48H30N2S/c1-2-13-32(14-3-1)49-43-20-8-6-16-38(43)40-27-25-33(30-46(40)49)50(45-22-11-19-42-41-17-7-9-23-47(41)51-48(42)45)44-21-10-18-35-37-26-24-31-12-4-5-15-34(31)36(37)28-29-39(35)44/h1-30H. The molecule has 0 saturated carbocycles. The smallest absolute Gasteiger partial charge is 0.0640 e. The van der Waals surface area contributed by atoms with Crippen molar-refractivity contribution in [1.29, 1.82) is 0 Å². The Kier molecular flexibility index (Phi) is 6.16. The summed E-state index contributed by atoms with van der Waals surface area (Å²) in [5, 5.41) is 12.7. The molecule has 0 unspecified atom stereocenters. The Bertz CT molecular complexity index is 3150. The minimum Gasteiger partial charge on any atom is -0.309 e. The van der Waals surface area contributed by atoms with Crippen LogP contribution in [0, 0.1) is 0 Å². The summed E-state index contributed by atoms with van der Waals surface area (Å²) < 4.78 is 5.00. The van der Waals surface area contributed by atoms with Gasteiger partial charge < -0.3 is 9.47 Å². The second-order valence-electron chi connectivity index (χ2n) is 13.3. The molecule has 0 atom stereocenters. The highest BCUT2D eigenvalue weighted by Crippen LogP contribution is 2.48. The van der Waals surface area contributed by atoms with Crippen molar-refractivity contribution in [1.82, 2.24) is 4.57 Å². The van der Waals surface area contributed by atoms with Gasteiger partial charge in [-0.2, -0.15) is 0 Å². The Morgan fingerprint density at radius 1 is 0.373 bits per heavy atom. The van der Waals surface area contributed by atoms with Crippen LogP contribution in [0.1, 0.15) is 0 Å². The molecule has 2 heterocycles. The van der Waals surface area contributed by atoms with Crippen molar-refractivity contribution in [2.24, 2.45) is 0 Å². The zero-order valence-electron chi connectivity index (χ0n) is 27.6. The maximum absolute atomic E-state index is 2.50. The van der Waals surface area contributed by atoms with Gasteiger partial charge in [-0.05, 0) is 75.5 Å². The van der Waals surface area contributed by atoms with Crippen molar-refractivity contribution in [3.63, 3.8) is 0 Å². The first kappa shape index (κ1) is 28.4. The summed E-state index contributed by atoms with van der Waals surface area (Å²) in [5.74, 6) is 0. The minimum absolute atomic E-state index is 1.12. The van der Waals surface area contributed by atoms with Gasteiger partial charge in [0.2, 0.25) is 0 Å². The monoisotopic (exact) mass is 666 g/mol. The third-order valence-electron chi connectivity index (χ3n) is 10.6. The van der Waals surface area contributed by atoms with E-state index in [4.69, 9.17) is 0 Å².